The smallest absolute Gasteiger partial charge is 0.288 e. The zero-order valence-electron chi connectivity index (χ0n) is 11.4. The van der Waals surface area contributed by atoms with Crippen LogP contribution in [0.4, 0.5) is 8.78 Å². The zero-order valence-corrected chi connectivity index (χ0v) is 12.3. The summed E-state index contributed by atoms with van der Waals surface area (Å²) in [7, 11) is 0. The molecule has 0 heterocycles. The molecule has 2 N–H and O–H groups in total. The molecule has 0 amide bonds. The molecule has 0 aromatic heterocycles. The number of aliphatic hydroxyl groups is 1. The molecule has 0 saturated carbocycles. The number of alkyl halides is 2. The highest BCUT2D eigenvalue weighted by molar-refractivity contribution is 7.99. The summed E-state index contributed by atoms with van der Waals surface area (Å²) in [5.41, 5.74) is 1.02. The summed E-state index contributed by atoms with van der Waals surface area (Å²) in [6.45, 7) is 6.44. The summed E-state index contributed by atoms with van der Waals surface area (Å²) in [5, 5.41) is 13.0. The van der Waals surface area contributed by atoms with Gasteiger partial charge in [0.1, 0.15) is 0 Å². The average molecular weight is 289 g/mol. The van der Waals surface area contributed by atoms with Crippen LogP contribution in [0.15, 0.2) is 29.2 Å². The van der Waals surface area contributed by atoms with Gasteiger partial charge in [0.05, 0.1) is 6.10 Å². The number of rotatable bonds is 7. The Hall–Kier alpha value is -0.650. The monoisotopic (exact) mass is 289 g/mol. The minimum absolute atomic E-state index is 0.0824. The molecule has 0 radical (unpaired) electrons. The van der Waals surface area contributed by atoms with Crippen LogP contribution in [0.2, 0.25) is 0 Å². The minimum atomic E-state index is -2.39. The van der Waals surface area contributed by atoms with Crippen molar-refractivity contribution < 1.29 is 13.9 Å². The third-order valence-corrected chi connectivity index (χ3v) is 3.73. The highest BCUT2D eigenvalue weighted by Crippen LogP contribution is 2.26. The predicted molar refractivity (Wildman–Crippen MR) is 75.6 cm³/mol. The fourth-order valence-electron chi connectivity index (χ4n) is 1.59. The summed E-state index contributed by atoms with van der Waals surface area (Å²) >= 11 is 0.547. The maximum atomic E-state index is 12.2. The molecule has 108 valence electrons. The van der Waals surface area contributed by atoms with Crippen LogP contribution in [0.3, 0.4) is 0 Å². The second-order valence-electron chi connectivity index (χ2n) is 4.89. The van der Waals surface area contributed by atoms with Gasteiger partial charge >= 0.3 is 0 Å². The van der Waals surface area contributed by atoms with Gasteiger partial charge in [0.2, 0.25) is 0 Å². The Balaban J connectivity index is 2.50. The first kappa shape index (κ1) is 16.4. The van der Waals surface area contributed by atoms with Gasteiger partial charge in [-0.25, -0.2) is 0 Å². The van der Waals surface area contributed by atoms with Gasteiger partial charge in [-0.3, -0.25) is 0 Å². The Kier molecular flexibility index (Phi) is 6.75. The van der Waals surface area contributed by atoms with Crippen LogP contribution in [0.5, 0.6) is 0 Å². The lowest BCUT2D eigenvalue weighted by Gasteiger charge is -2.19. The van der Waals surface area contributed by atoms with E-state index < -0.39 is 5.76 Å². The third kappa shape index (κ3) is 5.89. The normalized spacial score (nSPS) is 14.9. The number of nitrogens with one attached hydrogen (secondary N) is 1. The van der Waals surface area contributed by atoms with Crippen molar-refractivity contribution in [1.29, 1.82) is 0 Å². The van der Waals surface area contributed by atoms with E-state index in [1.165, 1.54) is 0 Å². The number of benzene rings is 1. The van der Waals surface area contributed by atoms with Crippen LogP contribution in [0.25, 0.3) is 0 Å². The molecule has 0 aliphatic carbocycles. The SMILES string of the molecule is CC(NCC(O)C(C)C)c1ccc(SC(F)F)cc1. The third-order valence-electron chi connectivity index (χ3n) is 3.01. The maximum Gasteiger partial charge on any atom is 0.288 e. The number of hydrogen-bond acceptors (Lipinski definition) is 3. The Labute approximate surface area is 117 Å². The largest absolute Gasteiger partial charge is 0.392 e. The molecule has 2 atom stereocenters. The standard InChI is InChI=1S/C14H21F2NOS/c1-9(2)13(18)8-17-10(3)11-4-6-12(7-5-11)19-14(15)16/h4-7,9-10,13-14,17-18H,8H2,1-3H3. The van der Waals surface area contributed by atoms with E-state index in [-0.39, 0.29) is 18.1 Å². The van der Waals surface area contributed by atoms with E-state index in [2.05, 4.69) is 5.32 Å². The van der Waals surface area contributed by atoms with Gasteiger partial charge in [0, 0.05) is 17.5 Å². The van der Waals surface area contributed by atoms with E-state index in [9.17, 15) is 13.9 Å². The van der Waals surface area contributed by atoms with Gasteiger partial charge in [0.25, 0.3) is 5.76 Å². The van der Waals surface area contributed by atoms with Crippen molar-refractivity contribution in [2.45, 2.75) is 43.6 Å². The van der Waals surface area contributed by atoms with E-state index >= 15 is 0 Å². The highest BCUT2D eigenvalue weighted by Gasteiger charge is 2.12. The van der Waals surface area contributed by atoms with Gasteiger partial charge in [0.15, 0.2) is 0 Å². The molecule has 0 bridgehead atoms. The highest BCUT2D eigenvalue weighted by atomic mass is 32.2. The Morgan fingerprint density at radius 3 is 2.21 bits per heavy atom. The van der Waals surface area contributed by atoms with Crippen LogP contribution < -0.4 is 5.32 Å². The van der Waals surface area contributed by atoms with Crippen LogP contribution in [-0.2, 0) is 0 Å². The summed E-state index contributed by atoms with van der Waals surface area (Å²) in [6.07, 6.45) is -0.379. The average Bonchev–Trinajstić information content (AvgIpc) is 2.35. The summed E-state index contributed by atoms with van der Waals surface area (Å²) in [4.78, 5) is 0.563. The molecule has 5 heteroatoms. The number of halogens is 2. The topological polar surface area (TPSA) is 32.3 Å². The zero-order chi connectivity index (χ0) is 14.4. The molecule has 0 aliphatic heterocycles. The van der Waals surface area contributed by atoms with Gasteiger partial charge in [-0.15, -0.1) is 0 Å². The molecule has 0 saturated heterocycles. The van der Waals surface area contributed by atoms with E-state index in [1.807, 2.05) is 32.9 Å². The van der Waals surface area contributed by atoms with E-state index in [4.69, 9.17) is 0 Å². The quantitative estimate of drug-likeness (QED) is 0.751. The molecule has 2 nitrogen and oxygen atoms in total. The van der Waals surface area contributed by atoms with E-state index in [1.54, 1.807) is 12.1 Å². The van der Waals surface area contributed by atoms with E-state index in [0.29, 0.717) is 23.2 Å². The number of aliphatic hydroxyl groups excluding tert-OH is 1. The number of thioether (sulfide) groups is 1. The van der Waals surface area contributed by atoms with Crippen molar-refractivity contribution in [3.05, 3.63) is 29.8 Å². The van der Waals surface area contributed by atoms with Crippen molar-refractivity contribution in [2.75, 3.05) is 6.54 Å². The maximum absolute atomic E-state index is 12.2. The first-order chi connectivity index (χ1) is 8.90. The van der Waals surface area contributed by atoms with Crippen LogP contribution >= 0.6 is 11.8 Å². The van der Waals surface area contributed by atoms with Crippen LogP contribution in [-0.4, -0.2) is 23.5 Å². The summed E-state index contributed by atoms with van der Waals surface area (Å²) < 4.78 is 24.4. The molecule has 0 fully saturated rings. The van der Waals surface area contributed by atoms with Gasteiger partial charge in [-0.05, 0) is 30.5 Å². The molecule has 1 aromatic rings. The lowest BCUT2D eigenvalue weighted by Crippen LogP contribution is -2.32. The van der Waals surface area contributed by atoms with Gasteiger partial charge in [-0.1, -0.05) is 37.7 Å². The van der Waals surface area contributed by atoms with Crippen molar-refractivity contribution in [3.63, 3.8) is 0 Å². The Morgan fingerprint density at radius 2 is 1.74 bits per heavy atom. The lowest BCUT2D eigenvalue weighted by molar-refractivity contribution is 0.120. The van der Waals surface area contributed by atoms with Crippen molar-refractivity contribution in [2.24, 2.45) is 5.92 Å². The molecular formula is C14H21F2NOS. The van der Waals surface area contributed by atoms with E-state index in [0.717, 1.165) is 5.56 Å². The summed E-state index contributed by atoms with van der Waals surface area (Å²) in [5.74, 6) is -2.17. The number of hydrogen-bond donors (Lipinski definition) is 2. The summed E-state index contributed by atoms with van der Waals surface area (Å²) in [6, 6.07) is 7.15. The van der Waals surface area contributed by atoms with Crippen molar-refractivity contribution >= 4 is 11.8 Å². The fourth-order valence-corrected chi connectivity index (χ4v) is 2.09. The minimum Gasteiger partial charge on any atom is -0.392 e. The van der Waals surface area contributed by atoms with Gasteiger partial charge < -0.3 is 10.4 Å². The van der Waals surface area contributed by atoms with Crippen LogP contribution in [0, 0.1) is 5.92 Å². The molecule has 1 aromatic carbocycles. The van der Waals surface area contributed by atoms with Crippen molar-refractivity contribution in [3.8, 4) is 0 Å². The molecular weight excluding hydrogens is 268 g/mol. The molecule has 2 unspecified atom stereocenters. The first-order valence-corrected chi connectivity index (χ1v) is 7.24. The van der Waals surface area contributed by atoms with Gasteiger partial charge in [-0.2, -0.15) is 8.78 Å². The lowest BCUT2D eigenvalue weighted by atomic mass is 10.1. The van der Waals surface area contributed by atoms with Crippen LogP contribution in [0.1, 0.15) is 32.4 Å². The Morgan fingerprint density at radius 1 is 1.16 bits per heavy atom. The Bertz CT molecular complexity index is 370. The second-order valence-corrected chi connectivity index (χ2v) is 5.95. The van der Waals surface area contributed by atoms with Crippen molar-refractivity contribution in [1.82, 2.24) is 5.32 Å². The fraction of sp³-hybridized carbons (Fsp3) is 0.571. The predicted octanol–water partition coefficient (Wildman–Crippen LogP) is 3.67. The first-order valence-electron chi connectivity index (χ1n) is 6.36. The second kappa shape index (κ2) is 7.82. The molecule has 1 rings (SSSR count). The molecule has 0 spiro atoms. The molecule has 19 heavy (non-hydrogen) atoms. The molecule has 0 aliphatic rings.